The van der Waals surface area contributed by atoms with Gasteiger partial charge in [-0.1, -0.05) is 29.8 Å². The van der Waals surface area contributed by atoms with E-state index >= 15 is 0 Å². The van der Waals surface area contributed by atoms with Crippen LogP contribution in [0.1, 0.15) is 37.8 Å². The van der Waals surface area contributed by atoms with Crippen LogP contribution in [0.5, 0.6) is 0 Å². The molecule has 1 aromatic rings. The second-order valence-electron chi connectivity index (χ2n) is 4.38. The van der Waals surface area contributed by atoms with E-state index < -0.39 is 0 Å². The van der Waals surface area contributed by atoms with Crippen molar-refractivity contribution in [3.05, 3.63) is 27.7 Å². The molecule has 0 N–H and O–H groups in total. The Kier molecular flexibility index (Phi) is 5.33. The van der Waals surface area contributed by atoms with Crippen LogP contribution in [-0.4, -0.2) is 13.1 Å². The van der Waals surface area contributed by atoms with E-state index in [1.54, 1.807) is 0 Å². The lowest BCUT2D eigenvalue weighted by molar-refractivity contribution is 0.740. The Morgan fingerprint density at radius 2 is 1.44 bits per heavy atom. The first-order valence-electron chi connectivity index (χ1n) is 6.11. The molecule has 0 spiro atoms. The maximum atomic E-state index is 3.56. The van der Waals surface area contributed by atoms with E-state index in [1.807, 2.05) is 0 Å². The summed E-state index contributed by atoms with van der Waals surface area (Å²) in [7, 11) is 0. The number of halogens is 1. The highest BCUT2D eigenvalue weighted by Crippen LogP contribution is 2.28. The number of aryl methyl sites for hydroxylation is 2. The average Bonchev–Trinajstić information content (AvgIpc) is 2.16. The Hall–Kier alpha value is -0.500. The highest BCUT2D eigenvalue weighted by atomic mass is 79.9. The summed E-state index contributed by atoms with van der Waals surface area (Å²) in [6.45, 7) is 11.2. The van der Waals surface area contributed by atoms with E-state index in [9.17, 15) is 0 Å². The number of hydrogen-bond acceptors (Lipinski definition) is 1. The first-order chi connectivity index (χ1) is 7.60. The molecule has 2 heteroatoms. The second kappa shape index (κ2) is 6.29. The van der Waals surface area contributed by atoms with Gasteiger partial charge in [0.15, 0.2) is 0 Å². The number of anilines is 1. The maximum absolute atomic E-state index is 3.56. The first kappa shape index (κ1) is 13.6. The summed E-state index contributed by atoms with van der Waals surface area (Å²) < 4.78 is 1.18. The van der Waals surface area contributed by atoms with Crippen molar-refractivity contribution in [2.75, 3.05) is 18.0 Å². The van der Waals surface area contributed by atoms with E-state index in [0.29, 0.717) is 0 Å². The van der Waals surface area contributed by atoms with Crippen LogP contribution in [0.15, 0.2) is 16.6 Å². The summed E-state index contributed by atoms with van der Waals surface area (Å²) in [4.78, 5) is 2.51. The van der Waals surface area contributed by atoms with Gasteiger partial charge in [-0.2, -0.15) is 0 Å². The van der Waals surface area contributed by atoms with E-state index in [4.69, 9.17) is 0 Å². The molecule has 0 saturated carbocycles. The molecular weight excluding hydrogens is 262 g/mol. The maximum Gasteiger partial charge on any atom is 0.0426 e. The number of benzene rings is 1. The van der Waals surface area contributed by atoms with Crippen molar-refractivity contribution in [3.63, 3.8) is 0 Å². The van der Waals surface area contributed by atoms with Gasteiger partial charge < -0.3 is 4.90 Å². The molecule has 0 bridgehead atoms. The third kappa shape index (κ3) is 3.24. The molecule has 16 heavy (non-hydrogen) atoms. The standard InChI is InChI=1S/C14H22BrN/c1-5-7-16(8-6-2)14-11(3)9-13(15)10-12(14)4/h9-10H,5-8H2,1-4H3. The Balaban J connectivity index is 3.07. The van der Waals surface area contributed by atoms with Crippen LogP contribution in [0.3, 0.4) is 0 Å². The summed E-state index contributed by atoms with van der Waals surface area (Å²) in [6, 6.07) is 4.42. The smallest absolute Gasteiger partial charge is 0.0426 e. The van der Waals surface area contributed by atoms with Gasteiger partial charge in [0.1, 0.15) is 0 Å². The minimum atomic E-state index is 1.15. The van der Waals surface area contributed by atoms with Crippen molar-refractivity contribution in [3.8, 4) is 0 Å². The quantitative estimate of drug-likeness (QED) is 0.758. The van der Waals surface area contributed by atoms with Crippen LogP contribution in [0.25, 0.3) is 0 Å². The van der Waals surface area contributed by atoms with Crippen LogP contribution in [0.2, 0.25) is 0 Å². The molecule has 0 aromatic heterocycles. The Bertz CT molecular complexity index is 318. The zero-order valence-electron chi connectivity index (χ0n) is 10.8. The third-order valence-electron chi connectivity index (χ3n) is 2.76. The zero-order valence-corrected chi connectivity index (χ0v) is 12.4. The fraction of sp³-hybridized carbons (Fsp3) is 0.571. The molecule has 1 nitrogen and oxygen atoms in total. The van der Waals surface area contributed by atoms with Gasteiger partial charge in [0.2, 0.25) is 0 Å². The van der Waals surface area contributed by atoms with E-state index in [0.717, 1.165) is 13.1 Å². The topological polar surface area (TPSA) is 3.24 Å². The van der Waals surface area contributed by atoms with Crippen molar-refractivity contribution in [2.24, 2.45) is 0 Å². The van der Waals surface area contributed by atoms with Gasteiger partial charge >= 0.3 is 0 Å². The lowest BCUT2D eigenvalue weighted by Crippen LogP contribution is -2.26. The SMILES string of the molecule is CCCN(CCC)c1c(C)cc(Br)cc1C. The third-order valence-corrected chi connectivity index (χ3v) is 3.22. The molecule has 0 aliphatic rings. The summed E-state index contributed by atoms with van der Waals surface area (Å²) in [5.41, 5.74) is 4.16. The first-order valence-corrected chi connectivity index (χ1v) is 6.91. The molecule has 0 atom stereocenters. The molecule has 0 saturated heterocycles. The van der Waals surface area contributed by atoms with E-state index in [-0.39, 0.29) is 0 Å². The molecule has 0 aliphatic carbocycles. The fourth-order valence-electron chi connectivity index (χ4n) is 2.28. The van der Waals surface area contributed by atoms with Gasteiger partial charge in [-0.15, -0.1) is 0 Å². The number of hydrogen-bond donors (Lipinski definition) is 0. The molecule has 0 amide bonds. The largest absolute Gasteiger partial charge is 0.371 e. The van der Waals surface area contributed by atoms with Crippen molar-refractivity contribution >= 4 is 21.6 Å². The van der Waals surface area contributed by atoms with Crippen LogP contribution < -0.4 is 4.90 Å². The minimum Gasteiger partial charge on any atom is -0.371 e. The van der Waals surface area contributed by atoms with E-state index in [1.165, 1.54) is 34.1 Å². The van der Waals surface area contributed by atoms with Gasteiger partial charge in [0, 0.05) is 23.2 Å². The molecule has 1 rings (SSSR count). The molecule has 0 unspecified atom stereocenters. The van der Waals surface area contributed by atoms with Crippen LogP contribution in [0, 0.1) is 13.8 Å². The lowest BCUT2D eigenvalue weighted by Gasteiger charge is -2.27. The lowest BCUT2D eigenvalue weighted by atomic mass is 10.1. The average molecular weight is 284 g/mol. The molecule has 0 radical (unpaired) electrons. The molecule has 0 heterocycles. The molecule has 0 fully saturated rings. The van der Waals surface area contributed by atoms with Gasteiger partial charge in [-0.3, -0.25) is 0 Å². The highest BCUT2D eigenvalue weighted by Gasteiger charge is 2.11. The van der Waals surface area contributed by atoms with Crippen molar-refractivity contribution in [2.45, 2.75) is 40.5 Å². The molecular formula is C14H22BrN. The predicted octanol–water partition coefficient (Wildman–Crippen LogP) is 4.69. The summed E-state index contributed by atoms with van der Waals surface area (Å²) in [5.74, 6) is 0. The predicted molar refractivity (Wildman–Crippen MR) is 76.4 cm³/mol. The van der Waals surface area contributed by atoms with Crippen molar-refractivity contribution < 1.29 is 0 Å². The molecule has 1 aromatic carbocycles. The van der Waals surface area contributed by atoms with Gasteiger partial charge in [0.05, 0.1) is 0 Å². The Morgan fingerprint density at radius 1 is 1.00 bits per heavy atom. The summed E-state index contributed by atoms with van der Waals surface area (Å²) in [5, 5.41) is 0. The second-order valence-corrected chi connectivity index (χ2v) is 5.29. The number of rotatable bonds is 5. The van der Waals surface area contributed by atoms with Gasteiger partial charge in [-0.05, 0) is 49.9 Å². The van der Waals surface area contributed by atoms with Crippen molar-refractivity contribution in [1.29, 1.82) is 0 Å². The van der Waals surface area contributed by atoms with Gasteiger partial charge in [-0.25, -0.2) is 0 Å². The summed E-state index contributed by atoms with van der Waals surface area (Å²) >= 11 is 3.56. The highest BCUT2D eigenvalue weighted by molar-refractivity contribution is 9.10. The van der Waals surface area contributed by atoms with E-state index in [2.05, 4.69) is 60.7 Å². The minimum absolute atomic E-state index is 1.15. The molecule has 90 valence electrons. The summed E-state index contributed by atoms with van der Waals surface area (Å²) in [6.07, 6.45) is 2.41. The van der Waals surface area contributed by atoms with Crippen LogP contribution >= 0.6 is 15.9 Å². The molecule has 0 aliphatic heterocycles. The fourth-order valence-corrected chi connectivity index (χ4v) is 2.96. The van der Waals surface area contributed by atoms with Crippen molar-refractivity contribution in [1.82, 2.24) is 0 Å². The van der Waals surface area contributed by atoms with Crippen LogP contribution in [-0.2, 0) is 0 Å². The monoisotopic (exact) mass is 283 g/mol. The Labute approximate surface area is 108 Å². The number of nitrogens with zero attached hydrogens (tertiary/aromatic N) is 1. The zero-order chi connectivity index (χ0) is 12.1. The van der Waals surface area contributed by atoms with Gasteiger partial charge in [0.25, 0.3) is 0 Å². The van der Waals surface area contributed by atoms with Crippen LogP contribution in [0.4, 0.5) is 5.69 Å². The Morgan fingerprint density at radius 3 is 1.81 bits per heavy atom. The normalized spacial score (nSPS) is 10.6.